The van der Waals surface area contributed by atoms with Crippen molar-refractivity contribution < 1.29 is 0 Å². The van der Waals surface area contributed by atoms with Crippen molar-refractivity contribution in [1.29, 1.82) is 0 Å². The molecule has 3 fully saturated rings. The van der Waals surface area contributed by atoms with Crippen molar-refractivity contribution in [2.24, 2.45) is 5.92 Å². The first kappa shape index (κ1) is 28.6. The molecule has 2 unspecified atom stereocenters. The molecule has 37 heavy (non-hydrogen) atoms. The Labute approximate surface area is 228 Å². The van der Waals surface area contributed by atoms with Crippen molar-refractivity contribution in [1.82, 2.24) is 15.0 Å². The molecule has 0 aliphatic heterocycles. The van der Waals surface area contributed by atoms with E-state index in [9.17, 15) is 0 Å². The van der Waals surface area contributed by atoms with Crippen LogP contribution in [-0.4, -0.2) is 27.0 Å². The molecule has 1 aromatic heterocycles. The fraction of sp³-hybridized carbons (Fsp3) is 0.906. The molecule has 2 atom stereocenters. The van der Waals surface area contributed by atoms with E-state index in [1.165, 1.54) is 154 Å². The Kier molecular flexibility index (Phi) is 12.8. The van der Waals surface area contributed by atoms with E-state index in [4.69, 9.17) is 15.0 Å². The van der Waals surface area contributed by atoms with Crippen LogP contribution in [0.5, 0.6) is 0 Å². The molecule has 1 heterocycles. The highest BCUT2D eigenvalue weighted by Crippen LogP contribution is 2.30. The molecular formula is C32H57N5. The third-order valence-corrected chi connectivity index (χ3v) is 9.33. The van der Waals surface area contributed by atoms with Gasteiger partial charge in [-0.2, -0.15) is 15.0 Å². The summed E-state index contributed by atoms with van der Waals surface area (Å²) >= 11 is 0. The van der Waals surface area contributed by atoms with E-state index >= 15 is 0 Å². The fourth-order valence-electron chi connectivity index (χ4n) is 7.00. The summed E-state index contributed by atoms with van der Waals surface area (Å²) in [6.07, 6.45) is 32.0. The standard InChI is InChI=1S/C32H57N5/c1-26-19-13-11-12-18-24-29(25-26)34-32-36-30(27-20-14-7-3-2-4-8-15-21-27)35-31(37-32)33-28-22-16-9-5-6-10-17-23-28/h26-29H,2-25H2,1H3,(H2,33,34,35,36,37). The molecule has 3 aliphatic rings. The minimum absolute atomic E-state index is 0.474. The monoisotopic (exact) mass is 511 g/mol. The number of aromatic nitrogens is 3. The van der Waals surface area contributed by atoms with E-state index in [1.54, 1.807) is 0 Å². The summed E-state index contributed by atoms with van der Waals surface area (Å²) in [6, 6.07) is 0.973. The van der Waals surface area contributed by atoms with Gasteiger partial charge in [0.15, 0.2) is 0 Å². The average Bonchev–Trinajstić information content (AvgIpc) is 3.09. The van der Waals surface area contributed by atoms with E-state index in [0.29, 0.717) is 18.0 Å². The summed E-state index contributed by atoms with van der Waals surface area (Å²) in [4.78, 5) is 15.3. The summed E-state index contributed by atoms with van der Waals surface area (Å²) in [5.41, 5.74) is 0. The normalized spacial score (nSPS) is 26.9. The van der Waals surface area contributed by atoms with Gasteiger partial charge in [-0.3, -0.25) is 0 Å². The number of hydrogen-bond acceptors (Lipinski definition) is 5. The van der Waals surface area contributed by atoms with Crippen molar-refractivity contribution in [3.63, 3.8) is 0 Å². The Morgan fingerprint density at radius 2 is 0.865 bits per heavy atom. The average molecular weight is 512 g/mol. The van der Waals surface area contributed by atoms with Crippen molar-refractivity contribution in [3.8, 4) is 0 Å². The smallest absolute Gasteiger partial charge is 0.227 e. The molecule has 0 spiro atoms. The summed E-state index contributed by atoms with van der Waals surface area (Å²) in [6.45, 7) is 2.43. The molecule has 0 aromatic carbocycles. The first-order valence-electron chi connectivity index (χ1n) is 16.6. The van der Waals surface area contributed by atoms with E-state index in [1.807, 2.05) is 0 Å². The van der Waals surface area contributed by atoms with Gasteiger partial charge in [0.2, 0.25) is 11.9 Å². The van der Waals surface area contributed by atoms with Gasteiger partial charge in [0.05, 0.1) is 0 Å². The lowest BCUT2D eigenvalue weighted by Gasteiger charge is -2.24. The second-order valence-corrected chi connectivity index (χ2v) is 12.8. The molecule has 210 valence electrons. The first-order chi connectivity index (χ1) is 18.3. The molecule has 2 N–H and O–H groups in total. The molecule has 3 aliphatic carbocycles. The quantitative estimate of drug-likeness (QED) is 0.412. The predicted octanol–water partition coefficient (Wildman–Crippen LogP) is 9.56. The van der Waals surface area contributed by atoms with Crippen LogP contribution in [-0.2, 0) is 0 Å². The number of nitrogens with zero attached hydrogens (tertiary/aromatic N) is 3. The lowest BCUT2D eigenvalue weighted by atomic mass is 9.91. The molecular weight excluding hydrogens is 454 g/mol. The predicted molar refractivity (Wildman–Crippen MR) is 157 cm³/mol. The minimum Gasteiger partial charge on any atom is -0.351 e. The van der Waals surface area contributed by atoms with Gasteiger partial charge in [-0.25, -0.2) is 0 Å². The molecule has 3 saturated carbocycles. The van der Waals surface area contributed by atoms with Gasteiger partial charge in [-0.1, -0.05) is 122 Å². The van der Waals surface area contributed by atoms with Crippen LogP contribution in [0.4, 0.5) is 11.9 Å². The van der Waals surface area contributed by atoms with Crippen LogP contribution in [0.15, 0.2) is 0 Å². The van der Waals surface area contributed by atoms with Crippen molar-refractivity contribution in [2.75, 3.05) is 10.6 Å². The Hall–Kier alpha value is -1.39. The highest BCUT2D eigenvalue weighted by molar-refractivity contribution is 5.37. The lowest BCUT2D eigenvalue weighted by Crippen LogP contribution is -2.26. The molecule has 0 amide bonds. The van der Waals surface area contributed by atoms with Crippen LogP contribution < -0.4 is 10.6 Å². The van der Waals surface area contributed by atoms with Crippen LogP contribution in [0.3, 0.4) is 0 Å². The molecule has 0 radical (unpaired) electrons. The Balaban J connectivity index is 1.53. The van der Waals surface area contributed by atoms with Gasteiger partial charge < -0.3 is 10.6 Å². The topological polar surface area (TPSA) is 62.7 Å². The molecule has 1 aromatic rings. The van der Waals surface area contributed by atoms with Gasteiger partial charge in [-0.15, -0.1) is 0 Å². The van der Waals surface area contributed by atoms with Crippen LogP contribution in [0, 0.1) is 5.92 Å². The summed E-state index contributed by atoms with van der Waals surface area (Å²) in [5, 5.41) is 7.67. The molecule has 4 rings (SSSR count). The Morgan fingerprint density at radius 3 is 1.41 bits per heavy atom. The SMILES string of the molecule is CC1CCCCCCC(Nc2nc(NC3CCCCCCCC3)nc(C3CCCCCCCCC3)n2)C1. The maximum atomic E-state index is 5.15. The number of rotatable bonds is 5. The van der Waals surface area contributed by atoms with E-state index in [2.05, 4.69) is 17.6 Å². The van der Waals surface area contributed by atoms with Crippen LogP contribution in [0.25, 0.3) is 0 Å². The molecule has 0 bridgehead atoms. The third kappa shape index (κ3) is 10.7. The maximum absolute atomic E-state index is 5.15. The van der Waals surface area contributed by atoms with Gasteiger partial charge in [0, 0.05) is 18.0 Å². The lowest BCUT2D eigenvalue weighted by molar-refractivity contribution is 0.438. The molecule has 5 nitrogen and oxygen atoms in total. The fourth-order valence-corrected chi connectivity index (χ4v) is 7.00. The van der Waals surface area contributed by atoms with Crippen LogP contribution >= 0.6 is 0 Å². The highest BCUT2D eigenvalue weighted by Gasteiger charge is 2.22. The molecule has 0 saturated heterocycles. The molecule has 5 heteroatoms. The maximum Gasteiger partial charge on any atom is 0.227 e. The largest absolute Gasteiger partial charge is 0.351 e. The second-order valence-electron chi connectivity index (χ2n) is 12.8. The van der Waals surface area contributed by atoms with E-state index < -0.39 is 0 Å². The van der Waals surface area contributed by atoms with Crippen LogP contribution in [0.2, 0.25) is 0 Å². The number of anilines is 2. The van der Waals surface area contributed by atoms with Gasteiger partial charge in [0.25, 0.3) is 0 Å². The van der Waals surface area contributed by atoms with Gasteiger partial charge >= 0.3 is 0 Å². The van der Waals surface area contributed by atoms with Crippen LogP contribution in [0.1, 0.15) is 173 Å². The van der Waals surface area contributed by atoms with Gasteiger partial charge in [0.1, 0.15) is 5.82 Å². The van der Waals surface area contributed by atoms with Crippen molar-refractivity contribution in [2.45, 2.75) is 179 Å². The third-order valence-electron chi connectivity index (χ3n) is 9.33. The zero-order chi connectivity index (χ0) is 25.5. The number of nitrogens with one attached hydrogen (secondary N) is 2. The van der Waals surface area contributed by atoms with E-state index in [0.717, 1.165) is 23.6 Å². The summed E-state index contributed by atoms with van der Waals surface area (Å²) in [5.74, 6) is 3.97. The Bertz CT molecular complexity index is 733. The number of hydrogen-bond donors (Lipinski definition) is 2. The van der Waals surface area contributed by atoms with Crippen molar-refractivity contribution >= 4 is 11.9 Å². The van der Waals surface area contributed by atoms with Crippen molar-refractivity contribution in [3.05, 3.63) is 5.82 Å². The second kappa shape index (κ2) is 16.5. The zero-order valence-electron chi connectivity index (χ0n) is 24.1. The summed E-state index contributed by atoms with van der Waals surface area (Å²) < 4.78 is 0. The highest BCUT2D eigenvalue weighted by atomic mass is 15.2. The van der Waals surface area contributed by atoms with Gasteiger partial charge in [-0.05, 0) is 44.4 Å². The Morgan fingerprint density at radius 1 is 0.459 bits per heavy atom. The minimum atomic E-state index is 0.474. The van der Waals surface area contributed by atoms with E-state index in [-0.39, 0.29) is 0 Å². The summed E-state index contributed by atoms with van der Waals surface area (Å²) in [7, 11) is 0. The first-order valence-corrected chi connectivity index (χ1v) is 16.6. The zero-order valence-corrected chi connectivity index (χ0v) is 24.1.